The highest BCUT2D eigenvalue weighted by molar-refractivity contribution is 5.52. The van der Waals surface area contributed by atoms with Crippen LogP contribution in [0.5, 0.6) is 0 Å². The number of rotatable bonds is 7. The molecule has 0 saturated carbocycles. The zero-order valence-corrected chi connectivity index (χ0v) is 17.3. The summed E-state index contributed by atoms with van der Waals surface area (Å²) < 4.78 is 16.1. The Morgan fingerprint density at radius 1 is 1.13 bits per heavy atom. The fourth-order valence-corrected chi connectivity index (χ4v) is 3.91. The summed E-state index contributed by atoms with van der Waals surface area (Å²) in [6.45, 7) is 4.12. The van der Waals surface area contributed by atoms with E-state index < -0.39 is 16.8 Å². The van der Waals surface area contributed by atoms with Crippen molar-refractivity contribution in [3.63, 3.8) is 0 Å². The Hall–Kier alpha value is -2.83. The highest BCUT2D eigenvalue weighted by Crippen LogP contribution is 2.40. The molecular weight excluding hydrogens is 386 g/mol. The van der Waals surface area contributed by atoms with Gasteiger partial charge in [0.15, 0.2) is 11.8 Å². The van der Waals surface area contributed by atoms with E-state index in [1.165, 1.54) is 20.3 Å². The van der Waals surface area contributed by atoms with Crippen LogP contribution in [0.15, 0.2) is 42.5 Å². The standard InChI is InChI=1S/C22H25N3O5/c1-16-4-6-17(7-5-16)22(15-23,24-10-12-30-13-11-24)18-8-9-20(25(26)27)19(14-18)21(28-2)29-3/h4-9,14,21H,10-13H2,1-3H3. The van der Waals surface area contributed by atoms with E-state index in [9.17, 15) is 15.4 Å². The fourth-order valence-electron chi connectivity index (χ4n) is 3.91. The normalized spacial score (nSPS) is 16.8. The highest BCUT2D eigenvalue weighted by atomic mass is 16.7. The van der Waals surface area contributed by atoms with Crippen molar-refractivity contribution in [1.29, 1.82) is 5.26 Å². The molecule has 0 radical (unpaired) electrons. The Balaban J connectivity index is 2.25. The van der Waals surface area contributed by atoms with E-state index in [2.05, 4.69) is 11.0 Å². The van der Waals surface area contributed by atoms with Crippen LogP contribution in [-0.2, 0) is 19.7 Å². The quantitative estimate of drug-likeness (QED) is 0.392. The van der Waals surface area contributed by atoms with Gasteiger partial charge < -0.3 is 14.2 Å². The van der Waals surface area contributed by atoms with E-state index in [1.807, 2.05) is 31.2 Å². The van der Waals surface area contributed by atoms with Crippen molar-refractivity contribution in [3.05, 3.63) is 74.8 Å². The minimum Gasteiger partial charge on any atom is -0.379 e. The lowest BCUT2D eigenvalue weighted by Crippen LogP contribution is -2.51. The van der Waals surface area contributed by atoms with Crippen LogP contribution in [0.1, 0.15) is 28.5 Å². The van der Waals surface area contributed by atoms with Crippen LogP contribution >= 0.6 is 0 Å². The van der Waals surface area contributed by atoms with Gasteiger partial charge in [-0.15, -0.1) is 0 Å². The predicted molar refractivity (Wildman–Crippen MR) is 110 cm³/mol. The van der Waals surface area contributed by atoms with E-state index in [1.54, 1.807) is 12.1 Å². The Morgan fingerprint density at radius 3 is 2.27 bits per heavy atom. The summed E-state index contributed by atoms with van der Waals surface area (Å²) in [4.78, 5) is 13.2. The monoisotopic (exact) mass is 411 g/mol. The van der Waals surface area contributed by atoms with Gasteiger partial charge in [-0.25, -0.2) is 0 Å². The van der Waals surface area contributed by atoms with Gasteiger partial charge in [0.25, 0.3) is 5.69 Å². The number of aryl methyl sites for hydroxylation is 1. The predicted octanol–water partition coefficient (Wildman–Crippen LogP) is 3.29. The highest BCUT2D eigenvalue weighted by Gasteiger charge is 2.42. The minimum atomic E-state index is -1.13. The molecule has 0 aromatic heterocycles. The molecule has 1 fully saturated rings. The van der Waals surface area contributed by atoms with E-state index >= 15 is 0 Å². The Bertz CT molecular complexity index is 931. The topological polar surface area (TPSA) is 97.9 Å². The lowest BCUT2D eigenvalue weighted by Gasteiger charge is -2.41. The van der Waals surface area contributed by atoms with Crippen LogP contribution in [0.4, 0.5) is 5.69 Å². The smallest absolute Gasteiger partial charge is 0.277 e. The van der Waals surface area contributed by atoms with Gasteiger partial charge in [0, 0.05) is 33.4 Å². The van der Waals surface area contributed by atoms with Crippen molar-refractivity contribution in [2.75, 3.05) is 40.5 Å². The van der Waals surface area contributed by atoms with Crippen LogP contribution in [-0.4, -0.2) is 50.3 Å². The van der Waals surface area contributed by atoms with Crippen molar-refractivity contribution < 1.29 is 19.1 Å². The summed E-state index contributed by atoms with van der Waals surface area (Å²) in [5.41, 5.74) is 1.51. The summed E-state index contributed by atoms with van der Waals surface area (Å²) in [6, 6.07) is 15.0. The summed E-state index contributed by atoms with van der Waals surface area (Å²) in [5.74, 6) is 0. The van der Waals surface area contributed by atoms with Gasteiger partial charge in [0.1, 0.15) is 0 Å². The molecule has 0 aliphatic carbocycles. The number of methoxy groups -OCH3 is 2. The van der Waals surface area contributed by atoms with Crippen LogP contribution in [0.2, 0.25) is 0 Å². The largest absolute Gasteiger partial charge is 0.379 e. The number of benzene rings is 2. The Kier molecular flexibility index (Phi) is 6.80. The fraction of sp³-hybridized carbons (Fsp3) is 0.409. The zero-order valence-electron chi connectivity index (χ0n) is 17.3. The lowest BCUT2D eigenvalue weighted by molar-refractivity contribution is -0.387. The molecule has 2 aromatic rings. The molecular formula is C22H25N3O5. The molecule has 0 bridgehead atoms. The number of hydrogen-bond donors (Lipinski definition) is 0. The molecule has 0 amide bonds. The SMILES string of the molecule is COC(OC)c1cc(C(C#N)(c2ccc(C)cc2)N2CCOCC2)ccc1[N+](=O)[O-]. The molecule has 1 aliphatic rings. The zero-order chi connectivity index (χ0) is 21.7. The van der Waals surface area contributed by atoms with Crippen LogP contribution in [0, 0.1) is 28.4 Å². The molecule has 2 aromatic carbocycles. The van der Waals surface area contributed by atoms with Gasteiger partial charge in [-0.3, -0.25) is 15.0 Å². The van der Waals surface area contributed by atoms with Crippen LogP contribution in [0.3, 0.4) is 0 Å². The molecule has 30 heavy (non-hydrogen) atoms. The number of ether oxygens (including phenoxy) is 3. The molecule has 1 saturated heterocycles. The number of nitro benzene ring substituents is 1. The van der Waals surface area contributed by atoms with Gasteiger partial charge >= 0.3 is 0 Å². The van der Waals surface area contributed by atoms with Crippen molar-refractivity contribution in [3.8, 4) is 6.07 Å². The first-order valence-electron chi connectivity index (χ1n) is 9.63. The van der Waals surface area contributed by atoms with Gasteiger partial charge in [0.2, 0.25) is 0 Å². The molecule has 1 atom stereocenters. The second-order valence-electron chi connectivity index (χ2n) is 7.12. The first kappa shape index (κ1) is 21.9. The summed E-state index contributed by atoms with van der Waals surface area (Å²) in [6.07, 6.45) is -0.926. The van der Waals surface area contributed by atoms with E-state index in [0.29, 0.717) is 31.9 Å². The molecule has 0 spiro atoms. The van der Waals surface area contributed by atoms with E-state index in [-0.39, 0.29) is 11.3 Å². The average molecular weight is 411 g/mol. The van der Waals surface area contributed by atoms with Gasteiger partial charge in [-0.2, -0.15) is 5.26 Å². The summed E-state index contributed by atoms with van der Waals surface area (Å²) in [7, 11) is 2.84. The molecule has 8 nitrogen and oxygen atoms in total. The van der Waals surface area contributed by atoms with E-state index in [0.717, 1.165) is 11.1 Å². The molecule has 1 aliphatic heterocycles. The third-order valence-corrected chi connectivity index (χ3v) is 5.44. The molecule has 3 rings (SSSR count). The minimum absolute atomic E-state index is 0.120. The Morgan fingerprint density at radius 2 is 1.73 bits per heavy atom. The number of morpholine rings is 1. The Labute approximate surface area is 175 Å². The van der Waals surface area contributed by atoms with Crippen molar-refractivity contribution in [2.24, 2.45) is 0 Å². The second kappa shape index (κ2) is 9.32. The maximum Gasteiger partial charge on any atom is 0.277 e. The number of nitriles is 1. The number of nitro groups is 1. The summed E-state index contributed by atoms with van der Waals surface area (Å²) >= 11 is 0. The number of nitrogens with zero attached hydrogens (tertiary/aromatic N) is 3. The van der Waals surface area contributed by atoms with Gasteiger partial charge in [-0.05, 0) is 30.2 Å². The summed E-state index contributed by atoms with van der Waals surface area (Å²) in [5, 5.41) is 22.1. The maximum atomic E-state index is 11.6. The molecule has 158 valence electrons. The maximum absolute atomic E-state index is 11.6. The first-order chi connectivity index (χ1) is 14.5. The average Bonchev–Trinajstić information content (AvgIpc) is 2.77. The third kappa shape index (κ3) is 3.93. The second-order valence-corrected chi connectivity index (χ2v) is 7.12. The number of hydrogen-bond acceptors (Lipinski definition) is 7. The van der Waals surface area contributed by atoms with Gasteiger partial charge in [0.05, 0.1) is 29.8 Å². The van der Waals surface area contributed by atoms with Crippen molar-refractivity contribution >= 4 is 5.69 Å². The first-order valence-corrected chi connectivity index (χ1v) is 9.63. The molecule has 8 heteroatoms. The molecule has 1 heterocycles. The van der Waals surface area contributed by atoms with Crippen LogP contribution < -0.4 is 0 Å². The molecule has 1 unspecified atom stereocenters. The third-order valence-electron chi connectivity index (χ3n) is 5.44. The van der Waals surface area contributed by atoms with E-state index in [4.69, 9.17) is 14.2 Å². The van der Waals surface area contributed by atoms with Crippen molar-refractivity contribution in [1.82, 2.24) is 4.90 Å². The van der Waals surface area contributed by atoms with Crippen molar-refractivity contribution in [2.45, 2.75) is 18.8 Å². The molecule has 0 N–H and O–H groups in total. The van der Waals surface area contributed by atoms with Gasteiger partial charge in [-0.1, -0.05) is 29.8 Å². The van der Waals surface area contributed by atoms with Crippen LogP contribution in [0.25, 0.3) is 0 Å². The lowest BCUT2D eigenvalue weighted by atomic mass is 9.81.